The first-order chi connectivity index (χ1) is 23.5. The Morgan fingerprint density at radius 3 is 1.47 bits per heavy atom. The second kappa shape index (κ2) is 22.5. The molecule has 0 saturated carbocycles. The van der Waals surface area contributed by atoms with Crippen molar-refractivity contribution in [3.05, 3.63) is 0 Å². The molecule has 0 aliphatic carbocycles. The van der Waals surface area contributed by atoms with Crippen molar-refractivity contribution in [1.82, 2.24) is 5.32 Å². The highest BCUT2D eigenvalue weighted by Gasteiger charge is 2.53. The smallest absolute Gasteiger partial charge is 0.187 e. The number of aliphatic hydroxyl groups excluding tert-OH is 8. The molecule has 15 atom stereocenters. The average molecular weight is 712 g/mol. The van der Waals surface area contributed by atoms with Crippen LogP contribution in [-0.4, -0.2) is 159 Å². The van der Waals surface area contributed by atoms with E-state index in [1.807, 2.05) is 0 Å². The van der Waals surface area contributed by atoms with Gasteiger partial charge in [-0.3, -0.25) is 0 Å². The van der Waals surface area contributed by atoms with Gasteiger partial charge >= 0.3 is 0 Å². The van der Waals surface area contributed by atoms with E-state index in [4.69, 9.17) is 28.4 Å². The average Bonchev–Trinajstić information content (AvgIpc) is 3.09. The van der Waals surface area contributed by atoms with Crippen LogP contribution in [0.3, 0.4) is 0 Å². The number of ether oxygens (including phenoxy) is 6. The van der Waals surface area contributed by atoms with Gasteiger partial charge in [-0.2, -0.15) is 0 Å². The number of nitrogens with one attached hydrogen (secondary N) is 1. The fraction of sp³-hybridized carbons (Fsp3) is 1.00. The zero-order valence-corrected chi connectivity index (χ0v) is 29.5. The highest BCUT2D eigenvalue weighted by Crippen LogP contribution is 2.33. The van der Waals surface area contributed by atoms with Crippen molar-refractivity contribution in [1.29, 1.82) is 0 Å². The first-order valence-electron chi connectivity index (χ1n) is 18.5. The number of unbranched alkanes of at least 4 members (excludes halogenated alkanes) is 11. The quantitative estimate of drug-likeness (QED) is 0.0663. The summed E-state index contributed by atoms with van der Waals surface area (Å²) in [6.07, 6.45) is -5.95. The minimum Gasteiger partial charge on any atom is -0.394 e. The lowest BCUT2D eigenvalue weighted by Gasteiger charge is -2.48. The van der Waals surface area contributed by atoms with Gasteiger partial charge in [-0.15, -0.1) is 0 Å². The van der Waals surface area contributed by atoms with E-state index in [1.54, 1.807) is 0 Å². The molecule has 15 heteroatoms. The molecule has 0 spiro atoms. The Morgan fingerprint density at radius 2 is 0.980 bits per heavy atom. The van der Waals surface area contributed by atoms with Crippen molar-refractivity contribution in [2.45, 2.75) is 190 Å². The molecule has 0 aromatic rings. The summed E-state index contributed by atoms with van der Waals surface area (Å²) in [5.74, 6) is 0. The van der Waals surface area contributed by atoms with E-state index in [0.29, 0.717) is 6.54 Å². The van der Waals surface area contributed by atoms with Crippen LogP contribution >= 0.6 is 0 Å². The summed E-state index contributed by atoms with van der Waals surface area (Å²) in [4.78, 5) is 0. The first-order valence-corrected chi connectivity index (χ1v) is 18.5. The molecular formula is C34H65NO14. The molecule has 9 N–H and O–H groups in total. The Morgan fingerprint density at radius 1 is 0.510 bits per heavy atom. The third-order valence-corrected chi connectivity index (χ3v) is 9.76. The SMILES string of the molecule is CCCCCCCCCCCCCCNCCO[C@@H]1O[C@H](CO)[C@@H](O[C@@H]2O[C@@H](C)[C@H](O)[C@@H](O)[C@H]2O)[C@H](O)[C@H]1O[C@@H]1O[C@@H](C)[C@H](O)[C@@H](O)[C@H]1O. The summed E-state index contributed by atoms with van der Waals surface area (Å²) >= 11 is 0. The molecule has 0 aromatic carbocycles. The van der Waals surface area contributed by atoms with Crippen molar-refractivity contribution in [3.63, 3.8) is 0 Å². The molecule has 0 bridgehead atoms. The van der Waals surface area contributed by atoms with Gasteiger partial charge < -0.3 is 74.6 Å². The van der Waals surface area contributed by atoms with Crippen molar-refractivity contribution in [2.75, 3.05) is 26.3 Å². The molecule has 3 aliphatic heterocycles. The van der Waals surface area contributed by atoms with E-state index in [9.17, 15) is 40.9 Å². The van der Waals surface area contributed by atoms with Crippen molar-refractivity contribution >= 4 is 0 Å². The Bertz CT molecular complexity index is 877. The van der Waals surface area contributed by atoms with Crippen LogP contribution in [0.1, 0.15) is 97.8 Å². The van der Waals surface area contributed by atoms with Crippen LogP contribution in [0.4, 0.5) is 0 Å². The van der Waals surface area contributed by atoms with Crippen LogP contribution in [0.25, 0.3) is 0 Å². The van der Waals surface area contributed by atoms with Gasteiger partial charge in [0.15, 0.2) is 18.9 Å². The molecule has 3 saturated heterocycles. The third-order valence-electron chi connectivity index (χ3n) is 9.76. The maximum Gasteiger partial charge on any atom is 0.187 e. The molecule has 290 valence electrons. The van der Waals surface area contributed by atoms with Gasteiger partial charge in [0.1, 0.15) is 61.0 Å². The lowest BCUT2D eigenvalue weighted by Crippen LogP contribution is -2.66. The summed E-state index contributed by atoms with van der Waals surface area (Å²) in [6.45, 7) is 5.94. The van der Waals surface area contributed by atoms with Crippen LogP contribution in [0, 0.1) is 0 Å². The molecule has 15 nitrogen and oxygen atoms in total. The highest BCUT2D eigenvalue weighted by atomic mass is 16.8. The minimum atomic E-state index is -1.69. The van der Waals surface area contributed by atoms with Crippen LogP contribution in [-0.2, 0) is 28.4 Å². The molecule has 0 amide bonds. The van der Waals surface area contributed by atoms with Crippen molar-refractivity contribution in [2.24, 2.45) is 0 Å². The summed E-state index contributed by atoms with van der Waals surface area (Å²) in [5.41, 5.74) is 0. The van der Waals surface area contributed by atoms with Gasteiger partial charge in [-0.05, 0) is 26.8 Å². The molecule has 0 unspecified atom stereocenters. The van der Waals surface area contributed by atoms with Gasteiger partial charge in [0, 0.05) is 6.54 Å². The maximum absolute atomic E-state index is 11.5. The maximum atomic E-state index is 11.5. The van der Waals surface area contributed by atoms with Gasteiger partial charge in [-0.1, -0.05) is 77.6 Å². The van der Waals surface area contributed by atoms with Gasteiger partial charge in [-0.25, -0.2) is 0 Å². The predicted molar refractivity (Wildman–Crippen MR) is 176 cm³/mol. The fourth-order valence-electron chi connectivity index (χ4n) is 6.51. The molecule has 3 rings (SSSR count). The van der Waals surface area contributed by atoms with Gasteiger partial charge in [0.2, 0.25) is 0 Å². The summed E-state index contributed by atoms with van der Waals surface area (Å²) in [7, 11) is 0. The second-order valence-electron chi connectivity index (χ2n) is 13.8. The van der Waals surface area contributed by atoms with E-state index in [-0.39, 0.29) is 6.61 Å². The molecule has 49 heavy (non-hydrogen) atoms. The third kappa shape index (κ3) is 12.8. The number of aliphatic hydroxyl groups is 8. The molecule has 0 radical (unpaired) electrons. The molecular weight excluding hydrogens is 646 g/mol. The van der Waals surface area contributed by atoms with Crippen LogP contribution in [0.15, 0.2) is 0 Å². The normalized spacial score (nSPS) is 40.1. The molecule has 3 aliphatic rings. The monoisotopic (exact) mass is 711 g/mol. The van der Waals surface area contributed by atoms with E-state index >= 15 is 0 Å². The molecule has 3 fully saturated rings. The number of hydrogen-bond acceptors (Lipinski definition) is 15. The van der Waals surface area contributed by atoms with Crippen molar-refractivity contribution < 1.29 is 69.3 Å². The van der Waals surface area contributed by atoms with Crippen molar-refractivity contribution in [3.8, 4) is 0 Å². The highest BCUT2D eigenvalue weighted by molar-refractivity contribution is 4.96. The Hall–Kier alpha value is -0.600. The van der Waals surface area contributed by atoms with E-state index in [1.165, 1.54) is 78.1 Å². The van der Waals surface area contributed by atoms with E-state index < -0.39 is 98.7 Å². The number of hydrogen-bond donors (Lipinski definition) is 9. The molecule has 3 heterocycles. The van der Waals surface area contributed by atoms with Crippen LogP contribution in [0.2, 0.25) is 0 Å². The van der Waals surface area contributed by atoms with E-state index in [2.05, 4.69) is 12.2 Å². The lowest BCUT2D eigenvalue weighted by atomic mass is 9.96. The summed E-state index contributed by atoms with van der Waals surface area (Å²) in [5, 5.41) is 86.8. The Balaban J connectivity index is 1.50. The zero-order chi connectivity index (χ0) is 35.9. The number of rotatable bonds is 22. The van der Waals surface area contributed by atoms with Gasteiger partial charge in [0.05, 0.1) is 25.4 Å². The molecule has 0 aromatic heterocycles. The minimum absolute atomic E-state index is 0.136. The summed E-state index contributed by atoms with van der Waals surface area (Å²) in [6, 6.07) is 0. The zero-order valence-electron chi connectivity index (χ0n) is 29.5. The lowest BCUT2D eigenvalue weighted by molar-refractivity contribution is -0.384. The van der Waals surface area contributed by atoms with Crippen LogP contribution in [0.5, 0.6) is 0 Å². The first kappa shape index (κ1) is 42.8. The van der Waals surface area contributed by atoms with Crippen LogP contribution < -0.4 is 5.32 Å². The standard InChI is InChI=1S/C34H65NO14/c1-4-5-6-7-8-9-10-11-12-13-14-15-16-35-17-18-44-34-31(49-33-28(42)26(40)24(38)21(3)46-33)29(43)30(22(19-36)47-34)48-32-27(41)25(39)23(37)20(2)45-32/h20-43H,4-19H2,1-3H3/t20-,21-,22+,23-,24-,25+,26+,27+,28+,29-,30+,31+,32-,33-,34+/m0/s1. The Kier molecular flexibility index (Phi) is 19.6. The topological polar surface area (TPSA) is 229 Å². The summed E-state index contributed by atoms with van der Waals surface area (Å²) < 4.78 is 34.7. The van der Waals surface area contributed by atoms with Gasteiger partial charge in [0.25, 0.3) is 0 Å². The predicted octanol–water partition coefficient (Wildman–Crippen LogP) is -0.203. The Labute approximate surface area is 290 Å². The van der Waals surface area contributed by atoms with E-state index in [0.717, 1.165) is 19.4 Å². The fourth-order valence-corrected chi connectivity index (χ4v) is 6.51. The second-order valence-corrected chi connectivity index (χ2v) is 13.8. The largest absolute Gasteiger partial charge is 0.394 e.